The van der Waals surface area contributed by atoms with Crippen LogP contribution in [-0.4, -0.2) is 36.5 Å². The highest BCUT2D eigenvalue weighted by Crippen LogP contribution is 2.18. The van der Waals surface area contributed by atoms with Crippen LogP contribution in [0.25, 0.3) is 0 Å². The summed E-state index contributed by atoms with van der Waals surface area (Å²) in [5.74, 6) is 0.223. The average molecular weight is 246 g/mol. The minimum atomic E-state index is 0.223. The molecule has 0 unspecified atom stereocenters. The molecule has 1 aromatic carbocycles. The predicted molar refractivity (Wildman–Crippen MR) is 73.4 cm³/mol. The summed E-state index contributed by atoms with van der Waals surface area (Å²) in [4.78, 5) is 13.9. The molecular weight excluding hydrogens is 224 g/mol. The molecule has 1 amide bonds. The number of hydrogen-bond donors (Lipinski definition) is 1. The fraction of sp³-hybridized carbons (Fsp3) is 0.533. The highest BCUT2D eigenvalue weighted by atomic mass is 16.2. The van der Waals surface area contributed by atoms with Gasteiger partial charge in [-0.1, -0.05) is 30.3 Å². The van der Waals surface area contributed by atoms with Crippen molar-refractivity contribution in [2.45, 2.75) is 32.2 Å². The Hall–Kier alpha value is -1.35. The predicted octanol–water partition coefficient (Wildman–Crippen LogP) is 1.83. The molecule has 1 saturated carbocycles. The van der Waals surface area contributed by atoms with Crippen molar-refractivity contribution in [1.82, 2.24) is 10.2 Å². The van der Waals surface area contributed by atoms with E-state index in [0.29, 0.717) is 12.6 Å². The van der Waals surface area contributed by atoms with Gasteiger partial charge in [0.1, 0.15) is 0 Å². The largest absolute Gasteiger partial charge is 0.342 e. The van der Waals surface area contributed by atoms with Gasteiger partial charge in [-0.3, -0.25) is 4.79 Å². The van der Waals surface area contributed by atoms with E-state index in [9.17, 15) is 4.79 Å². The van der Waals surface area contributed by atoms with E-state index in [-0.39, 0.29) is 5.91 Å². The number of likely N-dealkylation sites (N-methyl/N-ethyl adjacent to an activating group) is 1. The molecular formula is C15H22N2O. The molecule has 98 valence electrons. The molecule has 0 heterocycles. The first-order valence-electron chi connectivity index (χ1n) is 6.84. The molecule has 0 atom stereocenters. The zero-order valence-corrected chi connectivity index (χ0v) is 11.1. The lowest BCUT2D eigenvalue weighted by atomic mass is 10.1. The molecule has 0 bridgehead atoms. The van der Waals surface area contributed by atoms with Gasteiger partial charge in [0, 0.05) is 19.1 Å². The lowest BCUT2D eigenvalue weighted by molar-refractivity contribution is -0.130. The molecule has 0 saturated heterocycles. The number of nitrogens with zero attached hydrogens (tertiary/aromatic N) is 1. The van der Waals surface area contributed by atoms with Gasteiger partial charge in [0.2, 0.25) is 5.91 Å². The van der Waals surface area contributed by atoms with Gasteiger partial charge < -0.3 is 10.2 Å². The molecule has 1 N–H and O–H groups in total. The van der Waals surface area contributed by atoms with E-state index in [4.69, 9.17) is 0 Å². The molecule has 3 nitrogen and oxygen atoms in total. The van der Waals surface area contributed by atoms with Crippen LogP contribution in [0.3, 0.4) is 0 Å². The van der Waals surface area contributed by atoms with E-state index in [1.807, 2.05) is 30.0 Å². The maximum atomic E-state index is 12.0. The second-order valence-electron chi connectivity index (χ2n) is 4.86. The SMILES string of the molecule is CCN(CCc1ccccc1)C(=O)CNC1CC1. The van der Waals surface area contributed by atoms with Crippen molar-refractivity contribution < 1.29 is 4.79 Å². The molecule has 0 radical (unpaired) electrons. The minimum absolute atomic E-state index is 0.223. The van der Waals surface area contributed by atoms with Gasteiger partial charge >= 0.3 is 0 Å². The summed E-state index contributed by atoms with van der Waals surface area (Å²) < 4.78 is 0. The van der Waals surface area contributed by atoms with Crippen molar-refractivity contribution in [3.8, 4) is 0 Å². The highest BCUT2D eigenvalue weighted by molar-refractivity contribution is 5.78. The number of benzene rings is 1. The fourth-order valence-corrected chi connectivity index (χ4v) is 2.00. The Morgan fingerprint density at radius 1 is 1.33 bits per heavy atom. The zero-order chi connectivity index (χ0) is 12.8. The zero-order valence-electron chi connectivity index (χ0n) is 11.1. The molecule has 2 rings (SSSR count). The monoisotopic (exact) mass is 246 g/mol. The van der Waals surface area contributed by atoms with Crippen molar-refractivity contribution in [1.29, 1.82) is 0 Å². The van der Waals surface area contributed by atoms with Gasteiger partial charge in [-0.05, 0) is 31.7 Å². The number of carbonyl (C=O) groups excluding carboxylic acids is 1. The van der Waals surface area contributed by atoms with Crippen LogP contribution in [0, 0.1) is 0 Å². The minimum Gasteiger partial charge on any atom is -0.342 e. The van der Waals surface area contributed by atoms with Gasteiger partial charge in [0.05, 0.1) is 6.54 Å². The van der Waals surface area contributed by atoms with E-state index in [0.717, 1.165) is 19.5 Å². The van der Waals surface area contributed by atoms with Crippen molar-refractivity contribution in [3.63, 3.8) is 0 Å². The van der Waals surface area contributed by atoms with Gasteiger partial charge in [-0.2, -0.15) is 0 Å². The van der Waals surface area contributed by atoms with E-state index < -0.39 is 0 Å². The smallest absolute Gasteiger partial charge is 0.236 e. The third-order valence-corrected chi connectivity index (χ3v) is 3.37. The Balaban J connectivity index is 1.75. The Morgan fingerprint density at radius 3 is 2.67 bits per heavy atom. The van der Waals surface area contributed by atoms with Crippen LogP contribution in [0.15, 0.2) is 30.3 Å². The maximum Gasteiger partial charge on any atom is 0.236 e. The van der Waals surface area contributed by atoms with Gasteiger partial charge in [0.25, 0.3) is 0 Å². The Morgan fingerprint density at radius 2 is 2.06 bits per heavy atom. The standard InChI is InChI=1S/C15H22N2O/c1-2-17(15(18)12-16-14-8-9-14)11-10-13-6-4-3-5-7-13/h3-7,14,16H,2,8-12H2,1H3. The molecule has 1 aromatic rings. The van der Waals surface area contributed by atoms with Crippen LogP contribution in [0.1, 0.15) is 25.3 Å². The summed E-state index contributed by atoms with van der Waals surface area (Å²) in [7, 11) is 0. The maximum absolute atomic E-state index is 12.0. The molecule has 0 spiro atoms. The van der Waals surface area contributed by atoms with Gasteiger partial charge in [-0.25, -0.2) is 0 Å². The molecule has 18 heavy (non-hydrogen) atoms. The van der Waals surface area contributed by atoms with Gasteiger partial charge in [-0.15, -0.1) is 0 Å². The molecule has 1 aliphatic rings. The summed E-state index contributed by atoms with van der Waals surface area (Å²) in [6, 6.07) is 10.9. The number of nitrogens with one attached hydrogen (secondary N) is 1. The van der Waals surface area contributed by atoms with Crippen molar-refractivity contribution >= 4 is 5.91 Å². The third-order valence-electron chi connectivity index (χ3n) is 3.37. The molecule has 0 aliphatic heterocycles. The second-order valence-corrected chi connectivity index (χ2v) is 4.86. The van der Waals surface area contributed by atoms with Crippen LogP contribution < -0.4 is 5.32 Å². The Labute approximate surface area is 109 Å². The summed E-state index contributed by atoms with van der Waals surface area (Å²) in [6.45, 7) is 4.14. The highest BCUT2D eigenvalue weighted by Gasteiger charge is 2.22. The summed E-state index contributed by atoms with van der Waals surface area (Å²) >= 11 is 0. The second kappa shape index (κ2) is 6.55. The number of amides is 1. The molecule has 1 aliphatic carbocycles. The van der Waals surface area contributed by atoms with Gasteiger partial charge in [0.15, 0.2) is 0 Å². The van der Waals surface area contributed by atoms with Crippen LogP contribution in [0.2, 0.25) is 0 Å². The van der Waals surface area contributed by atoms with Crippen molar-refractivity contribution in [3.05, 3.63) is 35.9 Å². The summed E-state index contributed by atoms with van der Waals surface area (Å²) in [6.07, 6.45) is 3.39. The van der Waals surface area contributed by atoms with E-state index in [1.165, 1.54) is 18.4 Å². The first-order chi connectivity index (χ1) is 8.79. The van der Waals surface area contributed by atoms with Crippen LogP contribution in [0.4, 0.5) is 0 Å². The van der Waals surface area contributed by atoms with Crippen LogP contribution in [-0.2, 0) is 11.2 Å². The van der Waals surface area contributed by atoms with Crippen LogP contribution >= 0.6 is 0 Å². The first-order valence-corrected chi connectivity index (χ1v) is 6.84. The molecule has 0 aromatic heterocycles. The van der Waals surface area contributed by atoms with Crippen LogP contribution in [0.5, 0.6) is 0 Å². The average Bonchev–Trinajstić information content (AvgIpc) is 3.22. The first kappa shape index (κ1) is 13.1. The Bertz CT molecular complexity index is 373. The van der Waals surface area contributed by atoms with E-state index in [2.05, 4.69) is 17.4 Å². The van der Waals surface area contributed by atoms with E-state index >= 15 is 0 Å². The number of hydrogen-bond acceptors (Lipinski definition) is 2. The quantitative estimate of drug-likeness (QED) is 0.796. The lowest BCUT2D eigenvalue weighted by Gasteiger charge is -2.21. The number of rotatable bonds is 7. The van der Waals surface area contributed by atoms with Crippen molar-refractivity contribution in [2.75, 3.05) is 19.6 Å². The molecule has 1 fully saturated rings. The Kier molecular flexibility index (Phi) is 4.76. The fourth-order valence-electron chi connectivity index (χ4n) is 2.00. The third kappa shape index (κ3) is 4.15. The van der Waals surface area contributed by atoms with E-state index in [1.54, 1.807) is 0 Å². The lowest BCUT2D eigenvalue weighted by Crippen LogP contribution is -2.39. The summed E-state index contributed by atoms with van der Waals surface area (Å²) in [5.41, 5.74) is 1.29. The topological polar surface area (TPSA) is 32.3 Å². The molecule has 3 heteroatoms. The van der Waals surface area contributed by atoms with Crippen molar-refractivity contribution in [2.24, 2.45) is 0 Å². The normalized spacial score (nSPS) is 14.5. The summed E-state index contributed by atoms with van der Waals surface area (Å²) in [5, 5.41) is 3.28. The number of carbonyl (C=O) groups is 1.